The highest BCUT2D eigenvalue weighted by molar-refractivity contribution is 14.1. The number of ether oxygens (including phenoxy) is 1. The lowest BCUT2D eigenvalue weighted by Gasteiger charge is -2.05. The highest BCUT2D eigenvalue weighted by Gasteiger charge is 2.11. The minimum absolute atomic E-state index is 0.263. The third kappa shape index (κ3) is 4.05. The van der Waals surface area contributed by atoms with Crippen molar-refractivity contribution in [2.45, 2.75) is 0 Å². The fraction of sp³-hybridized carbons (Fsp3) is 0.0667. The van der Waals surface area contributed by atoms with Crippen molar-refractivity contribution >= 4 is 45.9 Å². The zero-order valence-electron chi connectivity index (χ0n) is 10.3. The normalized spacial score (nSPS) is 10.1. The van der Waals surface area contributed by atoms with E-state index in [0.717, 1.165) is 3.57 Å². The van der Waals surface area contributed by atoms with Crippen molar-refractivity contribution in [3.63, 3.8) is 0 Å². The minimum Gasteiger partial charge on any atom is -0.454 e. The lowest BCUT2D eigenvalue weighted by molar-refractivity contribution is 0.0474. The largest absolute Gasteiger partial charge is 0.454 e. The molecule has 2 aromatic carbocycles. The second kappa shape index (κ2) is 6.85. The summed E-state index contributed by atoms with van der Waals surface area (Å²) in [6.45, 7) is -0.286. The van der Waals surface area contributed by atoms with Gasteiger partial charge >= 0.3 is 5.97 Å². The van der Waals surface area contributed by atoms with Crippen molar-refractivity contribution in [2.24, 2.45) is 0 Å². The summed E-state index contributed by atoms with van der Waals surface area (Å²) in [5.74, 6) is -0.772. The first kappa shape index (κ1) is 15.0. The standard InChI is InChI=1S/C15H10ClIO3/c16-12-6-4-10(5-7-12)14(18)9-20-15(19)11-2-1-3-13(17)8-11/h1-8H,9H2. The van der Waals surface area contributed by atoms with E-state index >= 15 is 0 Å². The van der Waals surface area contributed by atoms with Crippen molar-refractivity contribution < 1.29 is 14.3 Å². The highest BCUT2D eigenvalue weighted by Crippen LogP contribution is 2.11. The Morgan fingerprint density at radius 2 is 1.75 bits per heavy atom. The summed E-state index contributed by atoms with van der Waals surface area (Å²) >= 11 is 7.85. The van der Waals surface area contributed by atoms with E-state index in [2.05, 4.69) is 22.6 Å². The Bertz CT molecular complexity index is 638. The molecule has 0 radical (unpaired) electrons. The van der Waals surface area contributed by atoms with Gasteiger partial charge in [0.1, 0.15) is 0 Å². The van der Waals surface area contributed by atoms with Crippen molar-refractivity contribution in [2.75, 3.05) is 6.61 Å². The summed E-state index contributed by atoms with van der Waals surface area (Å²) in [7, 11) is 0. The summed E-state index contributed by atoms with van der Waals surface area (Å²) in [5, 5.41) is 0.553. The molecule has 0 saturated heterocycles. The van der Waals surface area contributed by atoms with Gasteiger partial charge in [-0.15, -0.1) is 0 Å². The van der Waals surface area contributed by atoms with Crippen LogP contribution in [0.4, 0.5) is 0 Å². The van der Waals surface area contributed by atoms with Crippen molar-refractivity contribution in [3.05, 3.63) is 68.3 Å². The monoisotopic (exact) mass is 400 g/mol. The summed E-state index contributed by atoms with van der Waals surface area (Å²) in [5.41, 5.74) is 0.894. The number of Topliss-reactive ketones (excluding diaryl/α,β-unsaturated/α-hetero) is 1. The molecule has 0 fully saturated rings. The molecule has 2 rings (SSSR count). The number of carbonyl (C=O) groups is 2. The van der Waals surface area contributed by atoms with Crippen LogP contribution in [0.3, 0.4) is 0 Å². The van der Waals surface area contributed by atoms with Crippen molar-refractivity contribution in [1.82, 2.24) is 0 Å². The molecular formula is C15H10ClIO3. The fourth-order valence-corrected chi connectivity index (χ4v) is 2.22. The van der Waals surface area contributed by atoms with Crippen LogP contribution in [0.1, 0.15) is 20.7 Å². The van der Waals surface area contributed by atoms with Crippen LogP contribution in [-0.2, 0) is 4.74 Å². The molecule has 102 valence electrons. The number of halogens is 2. The quantitative estimate of drug-likeness (QED) is 0.443. The zero-order valence-corrected chi connectivity index (χ0v) is 13.2. The first-order valence-electron chi connectivity index (χ1n) is 5.78. The Morgan fingerprint density at radius 1 is 1.05 bits per heavy atom. The van der Waals surface area contributed by atoms with E-state index in [1.54, 1.807) is 42.5 Å². The number of carbonyl (C=O) groups excluding carboxylic acids is 2. The summed E-state index contributed by atoms with van der Waals surface area (Å²) in [6, 6.07) is 13.4. The molecule has 0 aliphatic carbocycles. The van der Waals surface area contributed by atoms with Crippen LogP contribution >= 0.6 is 34.2 Å². The van der Waals surface area contributed by atoms with Crippen LogP contribution in [-0.4, -0.2) is 18.4 Å². The van der Waals surface area contributed by atoms with Gasteiger partial charge in [-0.1, -0.05) is 17.7 Å². The van der Waals surface area contributed by atoms with Crippen LogP contribution in [0, 0.1) is 3.57 Å². The van der Waals surface area contributed by atoms with E-state index in [1.165, 1.54) is 0 Å². The van der Waals surface area contributed by atoms with Crippen molar-refractivity contribution in [1.29, 1.82) is 0 Å². The topological polar surface area (TPSA) is 43.4 Å². The predicted molar refractivity (Wildman–Crippen MR) is 85.2 cm³/mol. The van der Waals surface area contributed by atoms with Gasteiger partial charge in [0.15, 0.2) is 12.4 Å². The number of rotatable bonds is 4. The fourth-order valence-electron chi connectivity index (χ4n) is 1.55. The van der Waals surface area contributed by atoms with Crippen LogP contribution in [0.25, 0.3) is 0 Å². The molecule has 0 saturated carbocycles. The Morgan fingerprint density at radius 3 is 2.40 bits per heavy atom. The maximum absolute atomic E-state index is 11.8. The van der Waals surface area contributed by atoms with E-state index in [-0.39, 0.29) is 12.4 Å². The van der Waals surface area contributed by atoms with E-state index in [9.17, 15) is 9.59 Å². The van der Waals surface area contributed by atoms with E-state index < -0.39 is 5.97 Å². The molecule has 0 spiro atoms. The van der Waals surface area contributed by atoms with Gasteiger partial charge in [-0.2, -0.15) is 0 Å². The van der Waals surface area contributed by atoms with Gasteiger partial charge < -0.3 is 4.74 Å². The van der Waals surface area contributed by atoms with Gasteiger partial charge in [-0.05, 0) is 65.1 Å². The number of esters is 1. The second-order valence-corrected chi connectivity index (χ2v) is 5.70. The Labute approximate surface area is 135 Å². The van der Waals surface area contributed by atoms with Crippen LogP contribution in [0.5, 0.6) is 0 Å². The second-order valence-electron chi connectivity index (χ2n) is 4.02. The third-order valence-electron chi connectivity index (χ3n) is 2.56. The first-order chi connectivity index (χ1) is 9.56. The SMILES string of the molecule is O=C(COC(=O)c1cccc(I)c1)c1ccc(Cl)cc1. The molecule has 0 aromatic heterocycles. The molecule has 0 unspecified atom stereocenters. The Kier molecular flexibility index (Phi) is 5.14. The van der Waals surface area contributed by atoms with Gasteiger partial charge in [0.25, 0.3) is 0 Å². The smallest absolute Gasteiger partial charge is 0.338 e. The average Bonchev–Trinajstić information content (AvgIpc) is 2.45. The van der Waals surface area contributed by atoms with E-state index in [4.69, 9.17) is 16.3 Å². The molecule has 5 heteroatoms. The van der Waals surface area contributed by atoms with Crippen LogP contribution < -0.4 is 0 Å². The molecule has 20 heavy (non-hydrogen) atoms. The molecule has 0 amide bonds. The van der Waals surface area contributed by atoms with Gasteiger partial charge in [0.05, 0.1) is 5.56 Å². The lowest BCUT2D eigenvalue weighted by atomic mass is 10.1. The highest BCUT2D eigenvalue weighted by atomic mass is 127. The van der Waals surface area contributed by atoms with Crippen LogP contribution in [0.2, 0.25) is 5.02 Å². The Balaban J connectivity index is 1.96. The predicted octanol–water partition coefficient (Wildman–Crippen LogP) is 3.98. The van der Waals surface area contributed by atoms with Gasteiger partial charge in [-0.3, -0.25) is 4.79 Å². The van der Waals surface area contributed by atoms with Gasteiger partial charge in [-0.25, -0.2) is 4.79 Å². The summed E-state index contributed by atoms with van der Waals surface area (Å²) < 4.78 is 5.94. The minimum atomic E-state index is -0.508. The molecule has 0 atom stereocenters. The van der Waals surface area contributed by atoms with Crippen molar-refractivity contribution in [3.8, 4) is 0 Å². The number of benzene rings is 2. The van der Waals surface area contributed by atoms with Gasteiger partial charge in [0, 0.05) is 14.2 Å². The maximum Gasteiger partial charge on any atom is 0.338 e. The molecule has 0 aliphatic rings. The van der Waals surface area contributed by atoms with Crippen LogP contribution in [0.15, 0.2) is 48.5 Å². The maximum atomic E-state index is 11.8. The number of hydrogen-bond acceptors (Lipinski definition) is 3. The molecular weight excluding hydrogens is 391 g/mol. The lowest BCUT2D eigenvalue weighted by Crippen LogP contribution is -2.14. The van der Waals surface area contributed by atoms with E-state index in [0.29, 0.717) is 16.1 Å². The third-order valence-corrected chi connectivity index (χ3v) is 3.48. The first-order valence-corrected chi connectivity index (χ1v) is 7.23. The number of hydrogen-bond donors (Lipinski definition) is 0. The summed E-state index contributed by atoms with van der Waals surface area (Å²) in [4.78, 5) is 23.6. The molecule has 2 aromatic rings. The Hall–Kier alpha value is -1.40. The van der Waals surface area contributed by atoms with Gasteiger partial charge in [0.2, 0.25) is 0 Å². The molecule has 3 nitrogen and oxygen atoms in total. The summed E-state index contributed by atoms with van der Waals surface area (Å²) in [6.07, 6.45) is 0. The molecule has 0 heterocycles. The molecule has 0 aliphatic heterocycles. The average molecular weight is 401 g/mol. The van der Waals surface area contributed by atoms with E-state index in [1.807, 2.05) is 6.07 Å². The molecule has 0 bridgehead atoms. The molecule has 0 N–H and O–H groups in total. The zero-order chi connectivity index (χ0) is 14.5. The number of ketones is 1.